The molecular formula is C37H33ClFN3O6. The molecule has 1 saturated carbocycles. The summed E-state index contributed by atoms with van der Waals surface area (Å²) in [4.78, 5) is 57.9. The van der Waals surface area contributed by atoms with Crippen LogP contribution in [0.15, 0.2) is 84.5 Å². The Morgan fingerprint density at radius 2 is 1.73 bits per heavy atom. The van der Waals surface area contributed by atoms with E-state index in [0.29, 0.717) is 28.3 Å². The van der Waals surface area contributed by atoms with Crippen LogP contribution in [0.1, 0.15) is 30.9 Å². The Morgan fingerprint density at radius 3 is 2.42 bits per heavy atom. The molecule has 6 unspecified atom stereocenters. The number of imide groups is 2. The molecule has 48 heavy (non-hydrogen) atoms. The number of phenols is 1. The predicted molar refractivity (Wildman–Crippen MR) is 176 cm³/mol. The van der Waals surface area contributed by atoms with Gasteiger partial charge < -0.3 is 9.84 Å². The summed E-state index contributed by atoms with van der Waals surface area (Å²) in [6, 6.07) is 17.1. The van der Waals surface area contributed by atoms with Crippen LogP contribution in [-0.4, -0.2) is 52.3 Å². The number of nitrogens with one attached hydrogen (secondary N) is 1. The third kappa shape index (κ3) is 4.72. The first-order chi connectivity index (χ1) is 23.1. The number of ether oxygens (including phenoxy) is 1. The Bertz CT molecular complexity index is 1890. The number of anilines is 1. The van der Waals surface area contributed by atoms with Crippen molar-refractivity contribution in [2.45, 2.75) is 25.2 Å². The third-order valence-electron chi connectivity index (χ3n) is 10.4. The largest absolute Gasteiger partial charge is 0.504 e. The molecular weight excluding hydrogens is 637 g/mol. The maximum absolute atomic E-state index is 15.0. The minimum absolute atomic E-state index is 0.0323. The van der Waals surface area contributed by atoms with E-state index in [2.05, 4.69) is 5.43 Å². The average Bonchev–Trinajstić information content (AvgIpc) is 3.46. The Balaban J connectivity index is 1.42. The fraction of sp³-hybridized carbons (Fsp3) is 0.297. The van der Waals surface area contributed by atoms with E-state index in [1.807, 2.05) is 18.2 Å². The van der Waals surface area contributed by atoms with Gasteiger partial charge in [0.05, 0.1) is 36.0 Å². The van der Waals surface area contributed by atoms with Crippen LogP contribution in [0.4, 0.5) is 10.1 Å². The highest BCUT2D eigenvalue weighted by atomic mass is 35.5. The number of methoxy groups -OCH3 is 1. The van der Waals surface area contributed by atoms with Crippen LogP contribution < -0.4 is 10.2 Å². The number of nitrogens with zero attached hydrogens (tertiary/aromatic N) is 2. The number of aromatic hydroxyl groups is 1. The molecule has 2 aliphatic carbocycles. The van der Waals surface area contributed by atoms with Gasteiger partial charge in [0.2, 0.25) is 11.8 Å². The highest BCUT2D eigenvalue weighted by Gasteiger charge is 2.69. The van der Waals surface area contributed by atoms with Crippen molar-refractivity contribution in [3.63, 3.8) is 0 Å². The number of hydrazine groups is 1. The molecule has 9 nitrogen and oxygen atoms in total. The first-order valence-corrected chi connectivity index (χ1v) is 16.2. The molecule has 2 saturated heterocycles. The van der Waals surface area contributed by atoms with Gasteiger partial charge in [-0.15, -0.1) is 0 Å². The number of phenolic OH excluding ortho intramolecular Hbond substituents is 1. The maximum Gasteiger partial charge on any atom is 0.260 e. The molecule has 0 spiro atoms. The van der Waals surface area contributed by atoms with Crippen LogP contribution in [0.2, 0.25) is 5.02 Å². The monoisotopic (exact) mass is 669 g/mol. The van der Waals surface area contributed by atoms with Gasteiger partial charge in [-0.2, -0.15) is 5.01 Å². The van der Waals surface area contributed by atoms with E-state index >= 15 is 4.79 Å². The van der Waals surface area contributed by atoms with Crippen LogP contribution >= 0.6 is 11.6 Å². The zero-order valence-corrected chi connectivity index (χ0v) is 27.0. The Hall–Kier alpha value is -4.96. The lowest BCUT2D eigenvalue weighted by atomic mass is 9.50. The molecule has 2 aliphatic heterocycles. The van der Waals surface area contributed by atoms with Crippen molar-refractivity contribution in [3.8, 4) is 11.5 Å². The lowest BCUT2D eigenvalue weighted by Crippen LogP contribution is -2.54. The van der Waals surface area contributed by atoms with Crippen molar-refractivity contribution >= 4 is 47.0 Å². The van der Waals surface area contributed by atoms with Crippen molar-refractivity contribution in [2.75, 3.05) is 19.1 Å². The molecule has 0 bridgehead atoms. The average molecular weight is 670 g/mol. The minimum atomic E-state index is -1.46. The molecule has 2 heterocycles. The molecule has 4 amide bonds. The zero-order chi connectivity index (χ0) is 33.9. The van der Waals surface area contributed by atoms with Crippen molar-refractivity contribution in [2.24, 2.45) is 29.6 Å². The normalized spacial score (nSPS) is 28.0. The number of benzene rings is 3. The van der Waals surface area contributed by atoms with Gasteiger partial charge in [0.25, 0.3) is 11.8 Å². The number of likely N-dealkylation sites (tertiary alicyclic amines) is 1. The number of fused-ring (bicyclic) bond motifs is 4. The first kappa shape index (κ1) is 31.6. The number of hydrogen-bond acceptors (Lipinski definition) is 7. The van der Waals surface area contributed by atoms with Crippen LogP contribution in [0.25, 0.3) is 6.08 Å². The molecule has 7 rings (SSSR count). The number of allylic oxidation sites excluding steroid dienone is 3. The van der Waals surface area contributed by atoms with E-state index in [9.17, 15) is 23.9 Å². The van der Waals surface area contributed by atoms with E-state index in [4.69, 9.17) is 16.3 Å². The molecule has 3 aromatic rings. The van der Waals surface area contributed by atoms with Gasteiger partial charge in [-0.1, -0.05) is 53.6 Å². The minimum Gasteiger partial charge on any atom is -0.504 e. The summed E-state index contributed by atoms with van der Waals surface area (Å²) < 4.78 is 19.1. The van der Waals surface area contributed by atoms with Crippen molar-refractivity contribution in [1.29, 1.82) is 0 Å². The third-order valence-corrected chi connectivity index (χ3v) is 10.7. The van der Waals surface area contributed by atoms with Crippen LogP contribution in [0.5, 0.6) is 11.5 Å². The molecule has 4 aliphatic rings. The van der Waals surface area contributed by atoms with Gasteiger partial charge in [-0.25, -0.2) is 4.39 Å². The summed E-state index contributed by atoms with van der Waals surface area (Å²) in [5.74, 6) is -5.04. The SMILES string of the molecule is CCN1C(=O)C2CC=C3C(CC4C(=O)N(Nc5ccc(F)cc5)C(=O)C4(c4ccc(Cl)cc4)C3C=Cc3ccc(O)c(OC)c3)C2C1=O. The predicted octanol–water partition coefficient (Wildman–Crippen LogP) is 5.74. The number of hydrogen-bond donors (Lipinski definition) is 2. The Morgan fingerprint density at radius 1 is 1.00 bits per heavy atom. The van der Waals surface area contributed by atoms with E-state index in [-0.39, 0.29) is 36.3 Å². The van der Waals surface area contributed by atoms with Crippen LogP contribution in [0.3, 0.4) is 0 Å². The summed E-state index contributed by atoms with van der Waals surface area (Å²) in [6.45, 7) is 2.02. The van der Waals surface area contributed by atoms with E-state index < -0.39 is 52.6 Å². The second-order valence-electron chi connectivity index (χ2n) is 12.6. The van der Waals surface area contributed by atoms with Crippen molar-refractivity contribution < 1.29 is 33.4 Å². The molecule has 0 radical (unpaired) electrons. The van der Waals surface area contributed by atoms with E-state index in [0.717, 1.165) is 10.6 Å². The molecule has 3 fully saturated rings. The summed E-state index contributed by atoms with van der Waals surface area (Å²) in [5.41, 5.74) is 3.87. The standard InChI is InChI=1S/C37H33ClFN3O6/c1-3-41-33(44)26-15-14-25-27(32(26)35(41)46)19-29-34(45)42(40-24-12-10-23(39)11-13-24)36(47)37(29,21-6-8-22(38)9-7-21)28(25)16-4-20-5-17-30(43)31(18-20)48-2/h4-14,16-18,26-29,32,40,43H,3,15,19H2,1-2H3. The van der Waals surface area contributed by atoms with E-state index in [1.165, 1.54) is 42.3 Å². The van der Waals surface area contributed by atoms with Crippen molar-refractivity contribution in [3.05, 3.63) is 106 Å². The van der Waals surface area contributed by atoms with Gasteiger partial charge in [-0.3, -0.25) is 29.5 Å². The number of rotatable bonds is 7. The van der Waals surface area contributed by atoms with Gasteiger partial charge in [-0.05, 0) is 85.3 Å². The van der Waals surface area contributed by atoms with Crippen LogP contribution in [-0.2, 0) is 24.6 Å². The van der Waals surface area contributed by atoms with Gasteiger partial charge in [0, 0.05) is 17.5 Å². The first-order valence-electron chi connectivity index (χ1n) is 15.9. The van der Waals surface area contributed by atoms with Gasteiger partial charge >= 0.3 is 0 Å². The maximum atomic E-state index is 15.0. The Kier molecular flexibility index (Phi) is 7.86. The molecule has 246 valence electrons. The number of carbonyl (C=O) groups is 4. The fourth-order valence-electron chi connectivity index (χ4n) is 8.28. The van der Waals surface area contributed by atoms with E-state index in [1.54, 1.807) is 43.3 Å². The van der Waals surface area contributed by atoms with Gasteiger partial charge in [0.15, 0.2) is 11.5 Å². The lowest BCUT2D eigenvalue weighted by molar-refractivity contribution is -0.141. The van der Waals surface area contributed by atoms with Crippen molar-refractivity contribution in [1.82, 2.24) is 9.91 Å². The Labute approximate surface area is 281 Å². The molecule has 6 atom stereocenters. The summed E-state index contributed by atoms with van der Waals surface area (Å²) in [7, 11) is 1.45. The number of carbonyl (C=O) groups excluding carboxylic acids is 4. The van der Waals surface area contributed by atoms with Gasteiger partial charge in [0.1, 0.15) is 5.82 Å². The second-order valence-corrected chi connectivity index (χ2v) is 13.1. The molecule has 2 N–H and O–H groups in total. The molecule has 3 aromatic carbocycles. The fourth-order valence-corrected chi connectivity index (χ4v) is 8.41. The highest BCUT2D eigenvalue weighted by molar-refractivity contribution is 6.30. The quantitative estimate of drug-likeness (QED) is 0.243. The smallest absolute Gasteiger partial charge is 0.260 e. The second kappa shape index (κ2) is 11.9. The summed E-state index contributed by atoms with van der Waals surface area (Å²) in [5, 5.41) is 11.7. The van der Waals surface area contributed by atoms with Crippen LogP contribution in [0, 0.1) is 35.4 Å². The molecule has 0 aromatic heterocycles. The number of halogens is 2. The summed E-state index contributed by atoms with van der Waals surface area (Å²) in [6.07, 6.45) is 6.15. The topological polar surface area (TPSA) is 116 Å². The summed E-state index contributed by atoms with van der Waals surface area (Å²) >= 11 is 6.32. The zero-order valence-electron chi connectivity index (χ0n) is 26.2. The highest BCUT2D eigenvalue weighted by Crippen LogP contribution is 2.61. The number of amides is 4. The molecule has 11 heteroatoms. The lowest BCUT2D eigenvalue weighted by Gasteiger charge is -2.49.